The summed E-state index contributed by atoms with van der Waals surface area (Å²) < 4.78 is 5.54. The van der Waals surface area contributed by atoms with E-state index in [0.717, 1.165) is 11.3 Å². The Morgan fingerprint density at radius 3 is 2.44 bits per heavy atom. The second-order valence-corrected chi connectivity index (χ2v) is 4.83. The largest absolute Gasteiger partial charge is 0.491 e. The molecule has 1 aliphatic heterocycles. The third-order valence-corrected chi connectivity index (χ3v) is 2.84. The lowest BCUT2D eigenvalue weighted by Crippen LogP contribution is -2.22. The van der Waals surface area contributed by atoms with Crippen LogP contribution in [0.2, 0.25) is 0 Å². The minimum absolute atomic E-state index is 0.147. The summed E-state index contributed by atoms with van der Waals surface area (Å²) in [6.45, 7) is 3.95. The van der Waals surface area contributed by atoms with E-state index < -0.39 is 0 Å². The molecule has 0 saturated carbocycles. The molecule has 96 valence electrons. The van der Waals surface area contributed by atoms with Crippen molar-refractivity contribution < 1.29 is 14.3 Å². The van der Waals surface area contributed by atoms with Gasteiger partial charge < -0.3 is 4.74 Å². The number of nitrogens with one attached hydrogen (secondary N) is 1. The summed E-state index contributed by atoms with van der Waals surface area (Å²) in [5.74, 6) is 0.252. The minimum Gasteiger partial charge on any atom is -0.491 e. The molecule has 1 saturated heterocycles. The van der Waals surface area contributed by atoms with Crippen molar-refractivity contribution in [3.05, 3.63) is 29.8 Å². The Labute approximate surface area is 106 Å². The van der Waals surface area contributed by atoms with Gasteiger partial charge in [-0.2, -0.15) is 0 Å². The molecule has 1 heterocycles. The summed E-state index contributed by atoms with van der Waals surface area (Å²) in [7, 11) is 0. The fourth-order valence-corrected chi connectivity index (χ4v) is 2.03. The van der Waals surface area contributed by atoms with Crippen LogP contribution in [0.5, 0.6) is 5.75 Å². The average Bonchev–Trinajstić information content (AvgIpc) is 2.59. The van der Waals surface area contributed by atoms with Crippen molar-refractivity contribution in [2.45, 2.75) is 32.8 Å². The molecule has 2 amide bonds. The van der Waals surface area contributed by atoms with Crippen LogP contribution in [0, 0.1) is 5.92 Å². The molecule has 4 heteroatoms. The molecule has 0 aromatic heterocycles. The maximum absolute atomic E-state index is 11.4. The Morgan fingerprint density at radius 1 is 1.28 bits per heavy atom. The van der Waals surface area contributed by atoms with Gasteiger partial charge in [0.25, 0.3) is 0 Å². The molecule has 0 radical (unpaired) electrons. The van der Waals surface area contributed by atoms with Crippen molar-refractivity contribution in [2.75, 3.05) is 0 Å². The topological polar surface area (TPSA) is 55.4 Å². The van der Waals surface area contributed by atoms with E-state index in [0.29, 0.717) is 12.8 Å². The van der Waals surface area contributed by atoms with Crippen LogP contribution in [0.15, 0.2) is 24.3 Å². The van der Waals surface area contributed by atoms with E-state index in [1.807, 2.05) is 38.1 Å². The fourth-order valence-electron chi connectivity index (χ4n) is 2.03. The third-order valence-electron chi connectivity index (χ3n) is 2.84. The van der Waals surface area contributed by atoms with Crippen LogP contribution < -0.4 is 10.1 Å². The first-order valence-corrected chi connectivity index (χ1v) is 6.14. The van der Waals surface area contributed by atoms with Gasteiger partial charge in [-0.1, -0.05) is 12.1 Å². The van der Waals surface area contributed by atoms with Crippen LogP contribution >= 0.6 is 0 Å². The van der Waals surface area contributed by atoms with Gasteiger partial charge in [-0.05, 0) is 38.0 Å². The molecule has 1 aromatic rings. The van der Waals surface area contributed by atoms with Crippen molar-refractivity contribution in [3.8, 4) is 5.75 Å². The predicted octanol–water partition coefficient (Wildman–Crippen LogP) is 1.68. The quantitative estimate of drug-likeness (QED) is 0.823. The molecule has 2 rings (SSSR count). The van der Waals surface area contributed by atoms with Crippen molar-refractivity contribution in [2.24, 2.45) is 5.92 Å². The summed E-state index contributed by atoms with van der Waals surface area (Å²) in [6, 6.07) is 7.66. The van der Waals surface area contributed by atoms with E-state index in [4.69, 9.17) is 4.74 Å². The number of carbonyl (C=O) groups excluding carboxylic acids is 2. The number of carbonyl (C=O) groups is 2. The molecule has 1 atom stereocenters. The van der Waals surface area contributed by atoms with Gasteiger partial charge in [0.15, 0.2) is 0 Å². The van der Waals surface area contributed by atoms with E-state index >= 15 is 0 Å². The lowest BCUT2D eigenvalue weighted by molar-refractivity contribution is -0.125. The molecule has 1 N–H and O–H groups in total. The lowest BCUT2D eigenvalue weighted by Gasteiger charge is -2.11. The van der Waals surface area contributed by atoms with E-state index in [1.54, 1.807) is 0 Å². The van der Waals surface area contributed by atoms with Gasteiger partial charge in [0.05, 0.1) is 12.0 Å². The highest BCUT2D eigenvalue weighted by molar-refractivity contribution is 6.03. The molecule has 0 aliphatic carbocycles. The number of hydrogen-bond donors (Lipinski definition) is 1. The molecule has 1 aromatic carbocycles. The molecular formula is C14H17NO3. The van der Waals surface area contributed by atoms with Gasteiger partial charge in [0, 0.05) is 6.42 Å². The maximum atomic E-state index is 11.4. The second-order valence-electron chi connectivity index (χ2n) is 4.83. The van der Waals surface area contributed by atoms with Gasteiger partial charge >= 0.3 is 0 Å². The zero-order valence-corrected chi connectivity index (χ0v) is 10.6. The molecule has 0 spiro atoms. The number of ether oxygens (including phenoxy) is 1. The Kier molecular flexibility index (Phi) is 3.65. The number of benzene rings is 1. The summed E-state index contributed by atoms with van der Waals surface area (Å²) in [5.41, 5.74) is 1.04. The third kappa shape index (κ3) is 3.09. The standard InChI is InChI=1S/C14H17NO3/c1-9(2)18-12-5-3-10(4-6-12)7-11-8-13(16)15-14(11)17/h3-6,9,11H,7-8H2,1-2H3,(H,15,16,17)/t11-/m0/s1. The van der Waals surface area contributed by atoms with E-state index in [-0.39, 0.29) is 23.8 Å². The van der Waals surface area contributed by atoms with Crippen LogP contribution in [-0.4, -0.2) is 17.9 Å². The van der Waals surface area contributed by atoms with Crippen molar-refractivity contribution in [1.82, 2.24) is 5.32 Å². The van der Waals surface area contributed by atoms with Gasteiger partial charge in [0.1, 0.15) is 5.75 Å². The van der Waals surface area contributed by atoms with Crippen molar-refractivity contribution in [3.63, 3.8) is 0 Å². The molecule has 18 heavy (non-hydrogen) atoms. The Balaban J connectivity index is 1.98. The summed E-state index contributed by atoms with van der Waals surface area (Å²) >= 11 is 0. The van der Waals surface area contributed by atoms with Gasteiger partial charge in [-0.3, -0.25) is 14.9 Å². The van der Waals surface area contributed by atoms with Gasteiger partial charge in [-0.15, -0.1) is 0 Å². The van der Waals surface area contributed by atoms with Crippen LogP contribution in [0.25, 0.3) is 0 Å². The number of amides is 2. The van der Waals surface area contributed by atoms with E-state index in [9.17, 15) is 9.59 Å². The summed E-state index contributed by atoms with van der Waals surface area (Å²) in [5, 5.41) is 2.32. The van der Waals surface area contributed by atoms with Crippen LogP contribution in [0.3, 0.4) is 0 Å². The first kappa shape index (κ1) is 12.6. The first-order chi connectivity index (χ1) is 8.54. The summed E-state index contributed by atoms with van der Waals surface area (Å²) in [4.78, 5) is 22.5. The van der Waals surface area contributed by atoms with Crippen molar-refractivity contribution >= 4 is 11.8 Å². The number of imide groups is 1. The first-order valence-electron chi connectivity index (χ1n) is 6.14. The predicted molar refractivity (Wildman–Crippen MR) is 67.2 cm³/mol. The minimum atomic E-state index is -0.227. The van der Waals surface area contributed by atoms with Gasteiger partial charge in [0.2, 0.25) is 11.8 Å². The Morgan fingerprint density at radius 2 is 1.94 bits per heavy atom. The molecule has 1 fully saturated rings. The monoisotopic (exact) mass is 247 g/mol. The van der Waals surface area contributed by atoms with Crippen molar-refractivity contribution in [1.29, 1.82) is 0 Å². The number of hydrogen-bond acceptors (Lipinski definition) is 3. The molecule has 0 bridgehead atoms. The van der Waals surface area contributed by atoms with Gasteiger partial charge in [-0.25, -0.2) is 0 Å². The molecule has 0 unspecified atom stereocenters. The SMILES string of the molecule is CC(C)Oc1ccc(C[C@H]2CC(=O)NC2=O)cc1. The molecular weight excluding hydrogens is 230 g/mol. The van der Waals surface area contributed by atoms with Crippen LogP contribution in [0.4, 0.5) is 0 Å². The summed E-state index contributed by atoms with van der Waals surface area (Å²) in [6.07, 6.45) is 1.04. The van der Waals surface area contributed by atoms with Crippen LogP contribution in [0.1, 0.15) is 25.8 Å². The van der Waals surface area contributed by atoms with Crippen LogP contribution in [-0.2, 0) is 16.0 Å². The highest BCUT2D eigenvalue weighted by Crippen LogP contribution is 2.20. The lowest BCUT2D eigenvalue weighted by atomic mass is 9.98. The highest BCUT2D eigenvalue weighted by Gasteiger charge is 2.30. The Bertz CT molecular complexity index is 451. The Hall–Kier alpha value is -1.84. The fraction of sp³-hybridized carbons (Fsp3) is 0.429. The maximum Gasteiger partial charge on any atom is 0.230 e. The zero-order valence-electron chi connectivity index (χ0n) is 10.6. The van der Waals surface area contributed by atoms with E-state index in [2.05, 4.69) is 5.32 Å². The zero-order chi connectivity index (χ0) is 13.1. The normalized spacial score (nSPS) is 19.2. The average molecular weight is 247 g/mol. The number of rotatable bonds is 4. The smallest absolute Gasteiger partial charge is 0.230 e. The highest BCUT2D eigenvalue weighted by atomic mass is 16.5. The molecule has 1 aliphatic rings. The van der Waals surface area contributed by atoms with E-state index in [1.165, 1.54) is 0 Å². The molecule has 4 nitrogen and oxygen atoms in total. The second kappa shape index (κ2) is 5.21.